The summed E-state index contributed by atoms with van der Waals surface area (Å²) >= 11 is 0. The van der Waals surface area contributed by atoms with Gasteiger partial charge >= 0.3 is 0 Å². The molecule has 0 saturated carbocycles. The maximum Gasteiger partial charge on any atom is 0.128 e. The van der Waals surface area contributed by atoms with Crippen molar-refractivity contribution < 1.29 is 0 Å². The van der Waals surface area contributed by atoms with Gasteiger partial charge in [-0.15, -0.1) is 0 Å². The molecule has 3 nitrogen and oxygen atoms in total. The molecule has 1 heterocycles. The second-order valence-corrected chi connectivity index (χ2v) is 5.06. The molecule has 0 saturated heterocycles. The first-order valence-electron chi connectivity index (χ1n) is 7.08. The molecule has 102 valence electrons. The van der Waals surface area contributed by atoms with E-state index >= 15 is 0 Å². The number of aromatic nitrogens is 1. The molecular weight excluding hydrogens is 222 g/mol. The van der Waals surface area contributed by atoms with Crippen LogP contribution in [-0.2, 0) is 6.54 Å². The second kappa shape index (κ2) is 8.09. The average molecular weight is 249 g/mol. The third-order valence-corrected chi connectivity index (χ3v) is 3.12. The van der Waals surface area contributed by atoms with Crippen molar-refractivity contribution in [3.63, 3.8) is 0 Å². The number of anilines is 1. The van der Waals surface area contributed by atoms with Gasteiger partial charge in [-0.2, -0.15) is 0 Å². The van der Waals surface area contributed by atoms with Crippen LogP contribution in [0.1, 0.15) is 39.7 Å². The molecule has 0 unspecified atom stereocenters. The fourth-order valence-electron chi connectivity index (χ4n) is 1.88. The van der Waals surface area contributed by atoms with Crippen LogP contribution in [0.4, 0.5) is 5.82 Å². The second-order valence-electron chi connectivity index (χ2n) is 5.06. The third-order valence-electron chi connectivity index (χ3n) is 3.12. The zero-order valence-corrected chi connectivity index (χ0v) is 12.2. The van der Waals surface area contributed by atoms with E-state index in [2.05, 4.69) is 55.0 Å². The summed E-state index contributed by atoms with van der Waals surface area (Å²) in [6.45, 7) is 12.8. The first-order valence-corrected chi connectivity index (χ1v) is 7.08. The van der Waals surface area contributed by atoms with Crippen LogP contribution in [0.25, 0.3) is 0 Å². The first kappa shape index (κ1) is 15.0. The van der Waals surface area contributed by atoms with Crippen LogP contribution in [0, 0.1) is 5.92 Å². The fourth-order valence-corrected chi connectivity index (χ4v) is 1.88. The molecule has 1 N–H and O–H groups in total. The van der Waals surface area contributed by atoms with Gasteiger partial charge < -0.3 is 10.2 Å². The maximum absolute atomic E-state index is 4.52. The van der Waals surface area contributed by atoms with Gasteiger partial charge in [-0.3, -0.25) is 0 Å². The number of rotatable bonds is 8. The lowest BCUT2D eigenvalue weighted by molar-refractivity contribution is 0.537. The van der Waals surface area contributed by atoms with E-state index in [-0.39, 0.29) is 0 Å². The van der Waals surface area contributed by atoms with Gasteiger partial charge in [0.1, 0.15) is 5.82 Å². The highest BCUT2D eigenvalue weighted by Gasteiger charge is 2.02. The standard InChI is InChI=1S/C15H27N3/c1-5-18(6-2)15-8-7-14(12-17-15)11-16-10-9-13(3)4/h7-8,12-13,16H,5-6,9-11H2,1-4H3. The summed E-state index contributed by atoms with van der Waals surface area (Å²) < 4.78 is 0. The maximum atomic E-state index is 4.52. The highest BCUT2D eigenvalue weighted by molar-refractivity contribution is 5.38. The van der Waals surface area contributed by atoms with E-state index in [9.17, 15) is 0 Å². The van der Waals surface area contributed by atoms with Crippen molar-refractivity contribution in [2.45, 2.75) is 40.7 Å². The summed E-state index contributed by atoms with van der Waals surface area (Å²) in [4.78, 5) is 6.78. The van der Waals surface area contributed by atoms with Crippen LogP contribution < -0.4 is 10.2 Å². The molecule has 0 spiro atoms. The molecule has 0 fully saturated rings. The number of hydrogen-bond donors (Lipinski definition) is 1. The monoisotopic (exact) mass is 249 g/mol. The fraction of sp³-hybridized carbons (Fsp3) is 0.667. The summed E-state index contributed by atoms with van der Waals surface area (Å²) in [5.41, 5.74) is 1.26. The van der Waals surface area contributed by atoms with Crippen molar-refractivity contribution >= 4 is 5.82 Å². The van der Waals surface area contributed by atoms with Gasteiger partial charge in [-0.1, -0.05) is 19.9 Å². The Labute approximate surface area is 112 Å². The van der Waals surface area contributed by atoms with E-state index in [1.54, 1.807) is 0 Å². The van der Waals surface area contributed by atoms with Crippen molar-refractivity contribution in [2.75, 3.05) is 24.5 Å². The Bertz CT molecular complexity index is 315. The SMILES string of the molecule is CCN(CC)c1ccc(CNCCC(C)C)cn1. The molecule has 1 aromatic heterocycles. The van der Waals surface area contributed by atoms with Gasteiger partial charge in [0.25, 0.3) is 0 Å². The highest BCUT2D eigenvalue weighted by atomic mass is 15.2. The lowest BCUT2D eigenvalue weighted by atomic mass is 10.1. The Balaban J connectivity index is 2.40. The minimum absolute atomic E-state index is 0.765. The lowest BCUT2D eigenvalue weighted by Crippen LogP contribution is -2.23. The summed E-state index contributed by atoms with van der Waals surface area (Å²) in [6, 6.07) is 4.29. The summed E-state index contributed by atoms with van der Waals surface area (Å²) in [7, 11) is 0. The van der Waals surface area contributed by atoms with Crippen LogP contribution in [0.15, 0.2) is 18.3 Å². The van der Waals surface area contributed by atoms with E-state index in [1.807, 2.05) is 6.20 Å². The van der Waals surface area contributed by atoms with E-state index < -0.39 is 0 Å². The largest absolute Gasteiger partial charge is 0.357 e. The highest BCUT2D eigenvalue weighted by Crippen LogP contribution is 2.10. The van der Waals surface area contributed by atoms with Gasteiger partial charge in [0.15, 0.2) is 0 Å². The van der Waals surface area contributed by atoms with Crippen molar-refractivity contribution in [3.05, 3.63) is 23.9 Å². The predicted molar refractivity (Wildman–Crippen MR) is 79.0 cm³/mol. The summed E-state index contributed by atoms with van der Waals surface area (Å²) in [6.07, 6.45) is 3.21. The molecule has 0 aliphatic rings. The quantitative estimate of drug-likeness (QED) is 0.718. The van der Waals surface area contributed by atoms with Crippen molar-refractivity contribution in [2.24, 2.45) is 5.92 Å². The van der Waals surface area contributed by atoms with Gasteiger partial charge in [0, 0.05) is 25.8 Å². The van der Waals surface area contributed by atoms with Crippen molar-refractivity contribution in [3.8, 4) is 0 Å². The molecule has 0 radical (unpaired) electrons. The Morgan fingerprint density at radius 2 is 1.94 bits per heavy atom. The van der Waals surface area contributed by atoms with Gasteiger partial charge in [-0.05, 0) is 44.4 Å². The first-order chi connectivity index (χ1) is 8.67. The van der Waals surface area contributed by atoms with Crippen LogP contribution in [0.5, 0.6) is 0 Å². The van der Waals surface area contributed by atoms with E-state index in [0.29, 0.717) is 0 Å². The Kier molecular flexibility index (Phi) is 6.73. The van der Waals surface area contributed by atoms with Crippen LogP contribution in [0.2, 0.25) is 0 Å². The molecule has 1 rings (SSSR count). The van der Waals surface area contributed by atoms with Gasteiger partial charge in [0.05, 0.1) is 0 Å². The average Bonchev–Trinajstić information content (AvgIpc) is 2.37. The van der Waals surface area contributed by atoms with Gasteiger partial charge in [0.2, 0.25) is 0 Å². The summed E-state index contributed by atoms with van der Waals surface area (Å²) in [5, 5.41) is 3.46. The molecule has 1 aromatic rings. The van der Waals surface area contributed by atoms with Crippen molar-refractivity contribution in [1.29, 1.82) is 0 Å². The van der Waals surface area contributed by atoms with Crippen molar-refractivity contribution in [1.82, 2.24) is 10.3 Å². The Morgan fingerprint density at radius 1 is 1.22 bits per heavy atom. The number of hydrogen-bond acceptors (Lipinski definition) is 3. The Hall–Kier alpha value is -1.09. The van der Waals surface area contributed by atoms with E-state index in [1.165, 1.54) is 12.0 Å². The zero-order chi connectivity index (χ0) is 13.4. The van der Waals surface area contributed by atoms with Gasteiger partial charge in [-0.25, -0.2) is 4.98 Å². The molecule has 18 heavy (non-hydrogen) atoms. The van der Waals surface area contributed by atoms with Crippen LogP contribution in [-0.4, -0.2) is 24.6 Å². The normalized spacial score (nSPS) is 10.9. The number of nitrogens with one attached hydrogen (secondary N) is 1. The summed E-state index contributed by atoms with van der Waals surface area (Å²) in [5.74, 6) is 1.84. The Morgan fingerprint density at radius 3 is 2.44 bits per heavy atom. The zero-order valence-electron chi connectivity index (χ0n) is 12.2. The molecule has 0 aliphatic heterocycles. The smallest absolute Gasteiger partial charge is 0.128 e. The molecule has 3 heteroatoms. The van der Waals surface area contributed by atoms with Crippen LogP contribution >= 0.6 is 0 Å². The number of nitrogens with zero attached hydrogens (tertiary/aromatic N) is 2. The molecular formula is C15H27N3. The minimum Gasteiger partial charge on any atom is -0.357 e. The predicted octanol–water partition coefficient (Wildman–Crippen LogP) is 3.06. The molecule has 0 amide bonds. The molecule has 0 bridgehead atoms. The number of pyridine rings is 1. The molecule has 0 aliphatic carbocycles. The topological polar surface area (TPSA) is 28.2 Å². The minimum atomic E-state index is 0.765. The van der Waals surface area contributed by atoms with E-state index in [4.69, 9.17) is 0 Å². The lowest BCUT2D eigenvalue weighted by Gasteiger charge is -2.19. The third kappa shape index (κ3) is 5.05. The molecule has 0 atom stereocenters. The molecule has 0 aromatic carbocycles. The van der Waals surface area contributed by atoms with Crippen LogP contribution in [0.3, 0.4) is 0 Å². The van der Waals surface area contributed by atoms with E-state index in [0.717, 1.165) is 37.9 Å².